The molecule has 1 saturated heterocycles. The van der Waals surface area contributed by atoms with Crippen LogP contribution in [0.1, 0.15) is 11.1 Å². The van der Waals surface area contributed by atoms with E-state index < -0.39 is 0 Å². The molecule has 1 fully saturated rings. The second kappa shape index (κ2) is 7.18. The van der Waals surface area contributed by atoms with Crippen LogP contribution in [0.2, 0.25) is 0 Å². The van der Waals surface area contributed by atoms with Gasteiger partial charge in [0.05, 0.1) is 17.4 Å². The first-order valence-corrected chi connectivity index (χ1v) is 8.19. The van der Waals surface area contributed by atoms with E-state index in [1.807, 2.05) is 48.5 Å². The number of nitrogens with one attached hydrogen (secondary N) is 1. The summed E-state index contributed by atoms with van der Waals surface area (Å²) in [5, 5.41) is 3.73. The summed E-state index contributed by atoms with van der Waals surface area (Å²) in [4.78, 5) is 11.2. The molecule has 0 aromatic heterocycles. The summed E-state index contributed by atoms with van der Waals surface area (Å²) in [5.74, 6) is 1.41. The third-order valence-electron chi connectivity index (χ3n) is 3.28. The Labute approximate surface area is 134 Å². The zero-order chi connectivity index (χ0) is 15.2. The Balaban J connectivity index is 1.58. The van der Waals surface area contributed by atoms with Gasteiger partial charge in [-0.05, 0) is 29.3 Å². The molecule has 22 heavy (non-hydrogen) atoms. The maximum absolute atomic E-state index is 11.2. The summed E-state index contributed by atoms with van der Waals surface area (Å²) in [6.45, 7) is 0.648. The summed E-state index contributed by atoms with van der Waals surface area (Å²) in [6.07, 6.45) is 2.86. The Morgan fingerprint density at radius 3 is 2.77 bits per heavy atom. The Morgan fingerprint density at radius 1 is 1.14 bits per heavy atom. The first-order valence-electron chi connectivity index (χ1n) is 7.21. The number of hydrogen-bond acceptors (Lipinski definition) is 3. The van der Waals surface area contributed by atoms with E-state index in [4.69, 9.17) is 4.74 Å². The number of thioether (sulfide) groups is 1. The van der Waals surface area contributed by atoms with E-state index in [0.29, 0.717) is 12.4 Å². The van der Waals surface area contributed by atoms with Crippen molar-refractivity contribution >= 4 is 23.7 Å². The number of ether oxygens (including phenoxy) is 1. The van der Waals surface area contributed by atoms with Gasteiger partial charge < -0.3 is 10.1 Å². The highest BCUT2D eigenvalue weighted by Gasteiger charge is 2.14. The molecule has 0 unspecified atom stereocenters. The maximum Gasteiger partial charge on any atom is 0.235 e. The van der Waals surface area contributed by atoms with Gasteiger partial charge in [0.15, 0.2) is 0 Å². The fourth-order valence-corrected chi connectivity index (χ4v) is 2.97. The molecule has 0 atom stereocenters. The molecule has 1 heterocycles. The first kappa shape index (κ1) is 14.7. The van der Waals surface area contributed by atoms with Gasteiger partial charge in [-0.15, -0.1) is 0 Å². The number of rotatable bonds is 5. The van der Waals surface area contributed by atoms with E-state index in [1.165, 1.54) is 17.3 Å². The molecule has 0 spiro atoms. The molecule has 1 N–H and O–H groups in total. The molecule has 2 aromatic rings. The molecule has 112 valence electrons. The second-order valence-corrected chi connectivity index (χ2v) is 6.02. The molecule has 3 rings (SSSR count). The predicted octanol–water partition coefficient (Wildman–Crippen LogP) is 3.47. The third kappa shape index (κ3) is 4.15. The van der Waals surface area contributed by atoms with Crippen LogP contribution in [0.5, 0.6) is 5.75 Å². The van der Waals surface area contributed by atoms with E-state index >= 15 is 0 Å². The summed E-state index contributed by atoms with van der Waals surface area (Å²) in [5.41, 5.74) is 2.30. The lowest BCUT2D eigenvalue weighted by Crippen LogP contribution is -2.13. The van der Waals surface area contributed by atoms with Crippen molar-refractivity contribution in [2.24, 2.45) is 0 Å². The Hall–Kier alpha value is -2.20. The monoisotopic (exact) mass is 311 g/mol. The van der Waals surface area contributed by atoms with Crippen LogP contribution in [0, 0.1) is 0 Å². The van der Waals surface area contributed by atoms with Crippen molar-refractivity contribution in [3.63, 3.8) is 0 Å². The van der Waals surface area contributed by atoms with Crippen LogP contribution in [0.4, 0.5) is 0 Å². The maximum atomic E-state index is 11.2. The average Bonchev–Trinajstić information content (AvgIpc) is 2.94. The van der Waals surface area contributed by atoms with Crippen LogP contribution >= 0.6 is 11.8 Å². The van der Waals surface area contributed by atoms with Crippen LogP contribution in [-0.4, -0.2) is 18.3 Å². The van der Waals surface area contributed by atoms with Crippen LogP contribution < -0.4 is 10.1 Å². The standard InChI is InChI=1S/C18H17NO2S/c20-17-13-22-18(19-17)12-15-7-4-8-16(11-15)21-10-9-14-5-2-1-3-6-14/h1-8,11-12H,9-10,13H2,(H,19,20). The van der Waals surface area contributed by atoms with Crippen molar-refractivity contribution in [2.45, 2.75) is 6.42 Å². The molecule has 3 nitrogen and oxygen atoms in total. The zero-order valence-corrected chi connectivity index (χ0v) is 12.9. The van der Waals surface area contributed by atoms with Crippen molar-refractivity contribution in [3.8, 4) is 5.75 Å². The molecular weight excluding hydrogens is 294 g/mol. The normalized spacial score (nSPS) is 15.8. The van der Waals surface area contributed by atoms with E-state index in [1.54, 1.807) is 0 Å². The Kier molecular flexibility index (Phi) is 4.81. The van der Waals surface area contributed by atoms with Crippen molar-refractivity contribution in [1.82, 2.24) is 5.32 Å². The lowest BCUT2D eigenvalue weighted by Gasteiger charge is -2.07. The molecule has 4 heteroatoms. The van der Waals surface area contributed by atoms with E-state index in [2.05, 4.69) is 17.4 Å². The number of hydrogen-bond donors (Lipinski definition) is 1. The molecule has 0 aliphatic carbocycles. The molecule has 1 amide bonds. The van der Waals surface area contributed by atoms with Crippen molar-refractivity contribution < 1.29 is 9.53 Å². The summed E-state index contributed by atoms with van der Waals surface area (Å²) < 4.78 is 5.81. The number of carbonyl (C=O) groups is 1. The van der Waals surface area contributed by atoms with Gasteiger partial charge in [-0.25, -0.2) is 0 Å². The van der Waals surface area contributed by atoms with Gasteiger partial charge in [0.2, 0.25) is 5.91 Å². The van der Waals surface area contributed by atoms with Crippen molar-refractivity contribution in [2.75, 3.05) is 12.4 Å². The van der Waals surface area contributed by atoms with E-state index in [-0.39, 0.29) is 5.91 Å². The molecule has 1 aliphatic rings. The van der Waals surface area contributed by atoms with Gasteiger partial charge in [-0.2, -0.15) is 0 Å². The SMILES string of the molecule is O=C1CSC(=Cc2cccc(OCCc3ccccc3)c2)N1. The number of carbonyl (C=O) groups excluding carboxylic acids is 1. The smallest absolute Gasteiger partial charge is 0.235 e. The second-order valence-electron chi connectivity index (χ2n) is 5.00. The third-order valence-corrected chi connectivity index (χ3v) is 4.22. The van der Waals surface area contributed by atoms with Gasteiger partial charge in [0, 0.05) is 6.42 Å². The number of benzene rings is 2. The average molecular weight is 311 g/mol. The van der Waals surface area contributed by atoms with Gasteiger partial charge in [-0.1, -0.05) is 54.2 Å². The number of amides is 1. The lowest BCUT2D eigenvalue weighted by atomic mass is 10.2. The molecule has 0 bridgehead atoms. The van der Waals surface area contributed by atoms with Gasteiger partial charge in [-0.3, -0.25) is 4.79 Å². The van der Waals surface area contributed by atoms with Crippen molar-refractivity contribution in [3.05, 3.63) is 70.8 Å². The molecular formula is C18H17NO2S. The van der Waals surface area contributed by atoms with Crippen LogP contribution in [0.25, 0.3) is 6.08 Å². The Bertz CT molecular complexity index is 682. The highest BCUT2D eigenvalue weighted by molar-refractivity contribution is 8.04. The minimum atomic E-state index is 0.0616. The quantitative estimate of drug-likeness (QED) is 0.919. The van der Waals surface area contributed by atoms with Gasteiger partial charge in [0.25, 0.3) is 0 Å². The molecule has 0 saturated carbocycles. The highest BCUT2D eigenvalue weighted by atomic mass is 32.2. The van der Waals surface area contributed by atoms with Gasteiger partial charge in [0.1, 0.15) is 5.75 Å². The van der Waals surface area contributed by atoms with Crippen LogP contribution in [0.15, 0.2) is 59.6 Å². The summed E-state index contributed by atoms with van der Waals surface area (Å²) in [7, 11) is 0. The van der Waals surface area contributed by atoms with E-state index in [9.17, 15) is 4.79 Å². The van der Waals surface area contributed by atoms with Crippen molar-refractivity contribution in [1.29, 1.82) is 0 Å². The minimum Gasteiger partial charge on any atom is -0.493 e. The van der Waals surface area contributed by atoms with Crippen LogP contribution in [-0.2, 0) is 11.2 Å². The fraction of sp³-hybridized carbons (Fsp3) is 0.167. The van der Waals surface area contributed by atoms with Gasteiger partial charge >= 0.3 is 0 Å². The topological polar surface area (TPSA) is 38.3 Å². The lowest BCUT2D eigenvalue weighted by molar-refractivity contribution is -0.117. The molecule has 0 radical (unpaired) electrons. The molecule has 1 aliphatic heterocycles. The fourth-order valence-electron chi connectivity index (χ4n) is 2.21. The predicted molar refractivity (Wildman–Crippen MR) is 90.7 cm³/mol. The van der Waals surface area contributed by atoms with Crippen LogP contribution in [0.3, 0.4) is 0 Å². The largest absolute Gasteiger partial charge is 0.493 e. The first-order chi connectivity index (χ1) is 10.8. The minimum absolute atomic E-state index is 0.0616. The summed E-state index contributed by atoms with van der Waals surface area (Å²) in [6, 6.07) is 18.2. The molecule has 2 aromatic carbocycles. The van der Waals surface area contributed by atoms with E-state index in [0.717, 1.165) is 22.8 Å². The highest BCUT2D eigenvalue weighted by Crippen LogP contribution is 2.23. The Morgan fingerprint density at radius 2 is 2.00 bits per heavy atom. The summed E-state index contributed by atoms with van der Waals surface area (Å²) >= 11 is 1.53. The zero-order valence-electron chi connectivity index (χ0n) is 12.1.